The van der Waals surface area contributed by atoms with Crippen molar-refractivity contribution in [1.82, 2.24) is 9.91 Å². The molecule has 0 unspecified atom stereocenters. The standard InChI is InChI=1S/C47H62N4O12/c1-24-13-12-14-25(2)46(59)49-37-32(23-48-51-20-18-50(19-21-51)31-15-10-11-16-31)41(56)34-35(42(37)57)40(55)29(6)44-36(34)45(58)47(8,63-44)61-22-17-33(60-9)26(3)43(62-30(7)52)28(5)39(54)27(4)38(24)53/h12-14,17,22-24,26-28,31,33,38,43,53,55-57H,10-11,15-16,18-21H2,1-9H3,(H,49,59)/b13-12+,22-17+,25-14-,48-23+/t24-,26+,27+,28+,33-,38-,43+,47-/m0/s1. The highest BCUT2D eigenvalue weighted by Gasteiger charge is 2.50. The summed E-state index contributed by atoms with van der Waals surface area (Å²) in [7, 11) is 1.42. The number of carbonyl (C=O) groups excluding carboxylic acids is 4. The molecule has 16 heteroatoms. The molecule has 1 saturated heterocycles. The van der Waals surface area contributed by atoms with Gasteiger partial charge in [-0.2, -0.15) is 5.10 Å². The van der Waals surface area contributed by atoms with Crippen LogP contribution in [0, 0.1) is 30.6 Å². The summed E-state index contributed by atoms with van der Waals surface area (Å²) < 4.78 is 23.6. The number of methoxy groups -OCH3 is 1. The minimum absolute atomic E-state index is 0.0548. The fourth-order valence-electron chi connectivity index (χ4n) is 9.29. The Morgan fingerprint density at radius 1 is 0.952 bits per heavy atom. The van der Waals surface area contributed by atoms with E-state index in [0.717, 1.165) is 13.1 Å². The zero-order chi connectivity index (χ0) is 46.1. The first-order valence-corrected chi connectivity index (χ1v) is 21.8. The topological polar surface area (TPSA) is 217 Å². The highest BCUT2D eigenvalue weighted by molar-refractivity contribution is 6.23. The van der Waals surface area contributed by atoms with Gasteiger partial charge in [0.25, 0.3) is 11.7 Å². The van der Waals surface area contributed by atoms with Crippen LogP contribution < -0.4 is 10.1 Å². The summed E-state index contributed by atoms with van der Waals surface area (Å²) in [4.78, 5) is 57.1. The predicted molar refractivity (Wildman–Crippen MR) is 236 cm³/mol. The van der Waals surface area contributed by atoms with Crippen molar-refractivity contribution in [3.05, 3.63) is 52.8 Å². The van der Waals surface area contributed by atoms with Gasteiger partial charge in [-0.05, 0) is 32.8 Å². The van der Waals surface area contributed by atoms with E-state index in [1.807, 2.05) is 5.01 Å². The second kappa shape index (κ2) is 19.1. The number of carbonyl (C=O) groups is 4. The number of phenols is 3. The average Bonchev–Trinajstić information content (AvgIpc) is 3.89. The number of ether oxygens (including phenoxy) is 4. The molecule has 5 N–H and O–H groups in total. The van der Waals surface area contributed by atoms with Gasteiger partial charge in [0.15, 0.2) is 5.75 Å². The highest BCUT2D eigenvalue weighted by atomic mass is 16.7. The molecule has 2 aromatic rings. The molecule has 1 saturated carbocycles. The zero-order valence-electron chi connectivity index (χ0n) is 37.6. The molecule has 0 radical (unpaired) electrons. The molecule has 63 heavy (non-hydrogen) atoms. The number of aliphatic hydroxyl groups is 1. The number of Topliss-reactive ketones (excluding diaryl/α,β-unsaturated/α-hetero) is 2. The molecule has 8 atom stereocenters. The molecule has 2 fully saturated rings. The third kappa shape index (κ3) is 9.30. The number of fused-ring (bicyclic) bond motifs is 14. The van der Waals surface area contributed by atoms with E-state index in [9.17, 15) is 39.6 Å². The van der Waals surface area contributed by atoms with Crippen molar-refractivity contribution in [3.63, 3.8) is 0 Å². The molecule has 7 rings (SSSR count). The van der Waals surface area contributed by atoms with Crippen LogP contribution in [0.1, 0.15) is 95.6 Å². The summed E-state index contributed by atoms with van der Waals surface area (Å²) >= 11 is 0. The molecule has 2 aromatic carbocycles. The van der Waals surface area contributed by atoms with Crippen LogP contribution >= 0.6 is 0 Å². The van der Waals surface area contributed by atoms with Crippen molar-refractivity contribution in [2.45, 2.75) is 111 Å². The van der Waals surface area contributed by atoms with Crippen molar-refractivity contribution in [3.8, 4) is 23.0 Å². The zero-order valence-corrected chi connectivity index (χ0v) is 37.6. The molecule has 4 heterocycles. The van der Waals surface area contributed by atoms with Gasteiger partial charge in [0.2, 0.25) is 0 Å². The summed E-state index contributed by atoms with van der Waals surface area (Å²) in [6.07, 6.45) is 10.5. The van der Waals surface area contributed by atoms with Crippen molar-refractivity contribution < 1.29 is 58.6 Å². The molecule has 342 valence electrons. The quantitative estimate of drug-likeness (QED) is 0.103. The lowest BCUT2D eigenvalue weighted by atomic mass is 9.79. The second-order valence-electron chi connectivity index (χ2n) is 17.6. The third-order valence-corrected chi connectivity index (χ3v) is 13.3. The fraction of sp³-hybridized carbons (Fsp3) is 0.553. The van der Waals surface area contributed by atoms with Crippen LogP contribution in [0.15, 0.2) is 41.2 Å². The van der Waals surface area contributed by atoms with E-state index in [2.05, 4.69) is 15.3 Å². The van der Waals surface area contributed by atoms with Gasteiger partial charge < -0.3 is 44.7 Å². The van der Waals surface area contributed by atoms with Crippen LogP contribution in [-0.4, -0.2) is 123 Å². The SMILES string of the molecule is CO[C@H]1/C=C/O[C@@]2(C)Oc3c(C)c(O)c4c(O)c(c(/C=N/N5CCN(C6CCCC6)CC5)c(O)c4c3C2=O)NC(=O)/C(C)=C\C=C\[C@H](C)[C@H](O)[C@@H](C)C(=O)[C@@H](C)[C@H](OC(C)=O)[C@@H]1C. The van der Waals surface area contributed by atoms with E-state index in [4.69, 9.17) is 18.9 Å². The second-order valence-corrected chi connectivity index (χ2v) is 17.6. The smallest absolute Gasteiger partial charge is 0.312 e. The van der Waals surface area contributed by atoms with Gasteiger partial charge in [-0.15, -0.1) is 0 Å². The number of amides is 1. The molecule has 0 aromatic heterocycles. The van der Waals surface area contributed by atoms with Crippen LogP contribution in [-0.2, 0) is 28.6 Å². The number of ketones is 2. The first kappa shape index (κ1) is 47.0. The van der Waals surface area contributed by atoms with Crippen molar-refractivity contribution in [2.24, 2.45) is 28.8 Å². The molecule has 16 nitrogen and oxygen atoms in total. The number of hydrazone groups is 1. The summed E-state index contributed by atoms with van der Waals surface area (Å²) in [6, 6.07) is 0.550. The van der Waals surface area contributed by atoms with Gasteiger partial charge >= 0.3 is 11.8 Å². The summed E-state index contributed by atoms with van der Waals surface area (Å²) in [5.74, 6) is -9.25. The van der Waals surface area contributed by atoms with Crippen LogP contribution in [0.3, 0.4) is 0 Å². The number of anilines is 1. The van der Waals surface area contributed by atoms with E-state index in [-0.39, 0.29) is 50.3 Å². The first-order valence-electron chi connectivity index (χ1n) is 21.8. The Balaban J connectivity index is 1.47. The minimum Gasteiger partial charge on any atom is -0.507 e. The van der Waals surface area contributed by atoms with Crippen LogP contribution in [0.25, 0.3) is 10.8 Å². The number of hydrogen-bond donors (Lipinski definition) is 5. The Morgan fingerprint density at radius 2 is 1.62 bits per heavy atom. The van der Waals surface area contributed by atoms with Crippen LogP contribution in [0.5, 0.6) is 23.0 Å². The monoisotopic (exact) mass is 874 g/mol. The lowest BCUT2D eigenvalue weighted by Gasteiger charge is -2.36. The number of piperazine rings is 1. The van der Waals surface area contributed by atoms with Crippen molar-refractivity contribution >= 4 is 46.1 Å². The molecule has 5 bridgehead atoms. The molecule has 5 aliphatic rings. The predicted octanol–water partition coefficient (Wildman–Crippen LogP) is 5.86. The first-order chi connectivity index (χ1) is 29.8. The lowest BCUT2D eigenvalue weighted by Crippen LogP contribution is -2.47. The lowest BCUT2D eigenvalue weighted by molar-refractivity contribution is -0.158. The number of aliphatic hydroxyl groups excluding tert-OH is 1. The molecular formula is C47H62N4O12. The molecular weight excluding hydrogens is 813 g/mol. The number of nitrogens with zero attached hydrogens (tertiary/aromatic N) is 3. The minimum atomic E-state index is -2.06. The van der Waals surface area contributed by atoms with Gasteiger partial charge in [-0.3, -0.25) is 29.1 Å². The van der Waals surface area contributed by atoms with E-state index in [1.54, 1.807) is 39.8 Å². The Hall–Kier alpha value is -5.45. The molecule has 4 aliphatic heterocycles. The van der Waals surface area contributed by atoms with Crippen LogP contribution in [0.4, 0.5) is 5.69 Å². The van der Waals surface area contributed by atoms with Crippen molar-refractivity contribution in [2.75, 3.05) is 38.6 Å². The van der Waals surface area contributed by atoms with E-state index >= 15 is 0 Å². The third-order valence-electron chi connectivity index (χ3n) is 13.3. The highest BCUT2D eigenvalue weighted by Crippen LogP contribution is 2.55. The number of nitrogens with one attached hydrogen (secondary N) is 1. The maximum Gasteiger partial charge on any atom is 0.312 e. The number of hydrogen-bond acceptors (Lipinski definition) is 15. The Kier molecular flexibility index (Phi) is 14.3. The number of aromatic hydroxyl groups is 3. The largest absolute Gasteiger partial charge is 0.507 e. The number of benzene rings is 2. The Labute approximate surface area is 368 Å². The van der Waals surface area contributed by atoms with Gasteiger partial charge in [0.1, 0.15) is 29.1 Å². The summed E-state index contributed by atoms with van der Waals surface area (Å²) in [5.41, 5.74) is -0.346. The normalized spacial score (nSPS) is 31.2. The molecule has 0 spiro atoms. The number of phenolic OH excluding ortho intramolecular Hbond substituents is 3. The number of allylic oxidation sites excluding steroid dienone is 2. The average molecular weight is 875 g/mol. The van der Waals surface area contributed by atoms with Crippen molar-refractivity contribution in [1.29, 1.82) is 0 Å². The van der Waals surface area contributed by atoms with Gasteiger partial charge in [-0.1, -0.05) is 58.8 Å². The number of esters is 1. The Bertz CT molecular complexity index is 2240. The summed E-state index contributed by atoms with van der Waals surface area (Å²) in [5, 5.41) is 55.9. The fourth-order valence-corrected chi connectivity index (χ4v) is 9.29. The van der Waals surface area contributed by atoms with E-state index < -0.39 is 82.7 Å². The van der Waals surface area contributed by atoms with Gasteiger partial charge in [-0.25, -0.2) is 0 Å². The van der Waals surface area contributed by atoms with Gasteiger partial charge in [0.05, 0.1) is 52.8 Å². The van der Waals surface area contributed by atoms with Crippen LogP contribution in [0.2, 0.25) is 0 Å². The molecule has 1 amide bonds. The Morgan fingerprint density at radius 3 is 2.25 bits per heavy atom. The number of rotatable bonds is 5. The summed E-state index contributed by atoms with van der Waals surface area (Å²) in [6.45, 7) is 15.0. The maximum absolute atomic E-state index is 14.5. The van der Waals surface area contributed by atoms with E-state index in [0.29, 0.717) is 19.1 Å². The molecule has 1 aliphatic carbocycles. The maximum atomic E-state index is 14.5. The van der Waals surface area contributed by atoms with E-state index in [1.165, 1.54) is 85.1 Å². The van der Waals surface area contributed by atoms with Gasteiger partial charge in [0, 0.05) is 87.5 Å².